The smallest absolute Gasteiger partial charge is 0.0891 e. The molecular weight excluding hydrogens is 196 g/mol. The average Bonchev–Trinajstić information content (AvgIpc) is 2.63. The second-order valence-electron chi connectivity index (χ2n) is 3.46. The quantitative estimate of drug-likeness (QED) is 0.564. The molecule has 0 unspecified atom stereocenters. The Morgan fingerprint density at radius 1 is 1.13 bits per heavy atom. The summed E-state index contributed by atoms with van der Waals surface area (Å²) in [4.78, 5) is 4.30. The van der Waals surface area contributed by atoms with E-state index in [2.05, 4.69) is 16.0 Å². The van der Waals surface area contributed by atoms with Crippen LogP contribution in [-0.4, -0.2) is 68.2 Å². The van der Waals surface area contributed by atoms with Gasteiger partial charge >= 0.3 is 0 Å². The van der Waals surface area contributed by atoms with Crippen LogP contribution in [0, 0.1) is 0 Å². The first kappa shape index (κ1) is 12.3. The molecule has 0 atom stereocenters. The van der Waals surface area contributed by atoms with Gasteiger partial charge in [-0.1, -0.05) is 0 Å². The molecule has 5 nitrogen and oxygen atoms in total. The van der Waals surface area contributed by atoms with Crippen LogP contribution in [0.4, 0.5) is 0 Å². The van der Waals surface area contributed by atoms with Gasteiger partial charge < -0.3 is 24.4 Å². The van der Waals surface area contributed by atoms with Crippen LogP contribution in [0.1, 0.15) is 0 Å². The van der Waals surface area contributed by atoms with Crippen LogP contribution in [0.25, 0.3) is 0 Å². The first-order valence-electron chi connectivity index (χ1n) is 5.22. The van der Waals surface area contributed by atoms with Crippen molar-refractivity contribution in [3.8, 4) is 0 Å². The van der Waals surface area contributed by atoms with Gasteiger partial charge in [0.15, 0.2) is 0 Å². The summed E-state index contributed by atoms with van der Waals surface area (Å²) >= 11 is 0. The highest BCUT2D eigenvalue weighted by atomic mass is 16.5. The highest BCUT2D eigenvalue weighted by Crippen LogP contribution is 2.02. The van der Waals surface area contributed by atoms with Gasteiger partial charge in [-0.05, 0) is 0 Å². The second kappa shape index (κ2) is 7.50. The molecule has 0 bridgehead atoms. The monoisotopic (exact) mass is 216 g/mol. The molecule has 1 aliphatic rings. The summed E-state index contributed by atoms with van der Waals surface area (Å²) in [6.45, 7) is 4.16. The standard InChI is InChI=1S/C10H20N2O3/c1-11-2-3-12(10-11)4-6-14-8-9-15-7-5-13/h2-3,13H,4-10H2,1H3. The van der Waals surface area contributed by atoms with Crippen molar-refractivity contribution in [3.05, 3.63) is 12.4 Å². The van der Waals surface area contributed by atoms with E-state index in [9.17, 15) is 0 Å². The van der Waals surface area contributed by atoms with Crippen LogP contribution in [0.3, 0.4) is 0 Å². The third-order valence-corrected chi connectivity index (χ3v) is 2.07. The normalized spacial score (nSPS) is 15.3. The summed E-state index contributed by atoms with van der Waals surface area (Å²) in [5, 5.41) is 8.45. The Kier molecular flexibility index (Phi) is 6.15. The molecule has 1 aliphatic heterocycles. The molecule has 88 valence electrons. The van der Waals surface area contributed by atoms with E-state index in [1.54, 1.807) is 0 Å². The number of hydrogen-bond donors (Lipinski definition) is 1. The average molecular weight is 216 g/mol. The van der Waals surface area contributed by atoms with Gasteiger partial charge in [0.05, 0.1) is 39.7 Å². The molecule has 0 fully saturated rings. The Hall–Kier alpha value is -0.780. The van der Waals surface area contributed by atoms with Crippen molar-refractivity contribution >= 4 is 0 Å². The Bertz CT molecular complexity index is 188. The number of aliphatic hydroxyl groups excluding tert-OH is 1. The highest BCUT2D eigenvalue weighted by molar-refractivity contribution is 4.88. The van der Waals surface area contributed by atoms with E-state index in [-0.39, 0.29) is 6.61 Å². The second-order valence-corrected chi connectivity index (χ2v) is 3.46. The number of hydrogen-bond acceptors (Lipinski definition) is 5. The molecule has 0 saturated carbocycles. The number of ether oxygens (including phenoxy) is 2. The molecule has 0 aromatic heterocycles. The lowest BCUT2D eigenvalue weighted by atomic mass is 10.6. The third kappa shape index (κ3) is 5.61. The van der Waals surface area contributed by atoms with Crippen molar-refractivity contribution in [3.63, 3.8) is 0 Å². The summed E-state index contributed by atoms with van der Waals surface area (Å²) in [6, 6.07) is 0. The van der Waals surface area contributed by atoms with Gasteiger partial charge in [-0.2, -0.15) is 0 Å². The van der Waals surface area contributed by atoms with E-state index in [0.29, 0.717) is 26.4 Å². The van der Waals surface area contributed by atoms with Crippen LogP contribution < -0.4 is 0 Å². The van der Waals surface area contributed by atoms with Gasteiger partial charge in [-0.15, -0.1) is 0 Å². The zero-order chi connectivity index (χ0) is 10.9. The summed E-state index contributed by atoms with van der Waals surface area (Å²) in [5.41, 5.74) is 0. The Morgan fingerprint density at radius 2 is 1.87 bits per heavy atom. The Balaban J connectivity index is 1.83. The van der Waals surface area contributed by atoms with Gasteiger partial charge in [0, 0.05) is 26.0 Å². The van der Waals surface area contributed by atoms with Crippen molar-refractivity contribution in [1.29, 1.82) is 0 Å². The largest absolute Gasteiger partial charge is 0.394 e. The maximum absolute atomic E-state index is 8.45. The van der Waals surface area contributed by atoms with Gasteiger partial charge in [-0.3, -0.25) is 0 Å². The van der Waals surface area contributed by atoms with Crippen LogP contribution in [-0.2, 0) is 9.47 Å². The SMILES string of the molecule is CN1C=CN(CCOCCOCCO)C1. The van der Waals surface area contributed by atoms with Crippen molar-refractivity contribution in [2.45, 2.75) is 0 Å². The molecule has 0 aromatic carbocycles. The van der Waals surface area contributed by atoms with Gasteiger partial charge in [0.25, 0.3) is 0 Å². The van der Waals surface area contributed by atoms with Crippen LogP contribution in [0.15, 0.2) is 12.4 Å². The summed E-state index contributed by atoms with van der Waals surface area (Å²) in [5.74, 6) is 0. The Labute approximate surface area is 90.9 Å². The fourth-order valence-electron chi connectivity index (χ4n) is 1.30. The Morgan fingerprint density at radius 3 is 2.47 bits per heavy atom. The van der Waals surface area contributed by atoms with E-state index >= 15 is 0 Å². The maximum Gasteiger partial charge on any atom is 0.0891 e. The minimum Gasteiger partial charge on any atom is -0.394 e. The van der Waals surface area contributed by atoms with E-state index in [1.165, 1.54) is 0 Å². The molecule has 1 rings (SSSR count). The molecule has 0 aromatic rings. The predicted molar refractivity (Wildman–Crippen MR) is 57.2 cm³/mol. The highest BCUT2D eigenvalue weighted by Gasteiger charge is 2.06. The topological polar surface area (TPSA) is 45.2 Å². The first-order valence-corrected chi connectivity index (χ1v) is 5.22. The van der Waals surface area contributed by atoms with Crippen molar-refractivity contribution in [2.24, 2.45) is 0 Å². The number of aliphatic hydroxyl groups is 1. The van der Waals surface area contributed by atoms with E-state index in [1.807, 2.05) is 13.2 Å². The van der Waals surface area contributed by atoms with Gasteiger partial charge in [-0.25, -0.2) is 0 Å². The molecule has 15 heavy (non-hydrogen) atoms. The minimum atomic E-state index is 0.0743. The minimum absolute atomic E-state index is 0.0743. The van der Waals surface area contributed by atoms with Crippen molar-refractivity contribution < 1.29 is 14.6 Å². The predicted octanol–water partition coefficient (Wildman–Crippen LogP) is -0.312. The molecule has 0 aliphatic carbocycles. The molecular formula is C10H20N2O3. The lowest BCUT2D eigenvalue weighted by Crippen LogP contribution is -2.26. The van der Waals surface area contributed by atoms with Crippen LogP contribution >= 0.6 is 0 Å². The molecule has 1 heterocycles. The van der Waals surface area contributed by atoms with Crippen molar-refractivity contribution in [1.82, 2.24) is 9.80 Å². The molecule has 0 saturated heterocycles. The molecule has 0 spiro atoms. The number of rotatable bonds is 8. The van der Waals surface area contributed by atoms with E-state index in [0.717, 1.165) is 13.2 Å². The lowest BCUT2D eigenvalue weighted by Gasteiger charge is -2.17. The fourth-order valence-corrected chi connectivity index (χ4v) is 1.30. The summed E-state index contributed by atoms with van der Waals surface area (Å²) in [6.07, 6.45) is 4.11. The molecule has 1 N–H and O–H groups in total. The lowest BCUT2D eigenvalue weighted by molar-refractivity contribution is 0.0287. The van der Waals surface area contributed by atoms with Gasteiger partial charge in [0.2, 0.25) is 0 Å². The summed E-state index contributed by atoms with van der Waals surface area (Å²) in [7, 11) is 2.04. The fraction of sp³-hybridized carbons (Fsp3) is 0.800. The molecule has 0 radical (unpaired) electrons. The van der Waals surface area contributed by atoms with E-state index < -0.39 is 0 Å². The van der Waals surface area contributed by atoms with Crippen LogP contribution in [0.5, 0.6) is 0 Å². The molecule has 0 amide bonds. The zero-order valence-corrected chi connectivity index (χ0v) is 9.26. The van der Waals surface area contributed by atoms with Crippen LogP contribution in [0.2, 0.25) is 0 Å². The number of nitrogens with zero attached hydrogens (tertiary/aromatic N) is 2. The molecule has 5 heteroatoms. The van der Waals surface area contributed by atoms with Crippen molar-refractivity contribution in [2.75, 3.05) is 53.3 Å². The third-order valence-electron chi connectivity index (χ3n) is 2.07. The first-order chi connectivity index (χ1) is 7.33. The maximum atomic E-state index is 8.45. The summed E-state index contributed by atoms with van der Waals surface area (Å²) < 4.78 is 10.4. The zero-order valence-electron chi connectivity index (χ0n) is 9.26. The van der Waals surface area contributed by atoms with E-state index in [4.69, 9.17) is 14.6 Å². The van der Waals surface area contributed by atoms with Gasteiger partial charge in [0.1, 0.15) is 0 Å².